The Labute approximate surface area is 87.1 Å². The summed E-state index contributed by atoms with van der Waals surface area (Å²) in [5, 5.41) is 10.5. The molecule has 70 valence electrons. The minimum absolute atomic E-state index is 0.110. The summed E-state index contributed by atoms with van der Waals surface area (Å²) in [4.78, 5) is 1.19. The third-order valence-electron chi connectivity index (χ3n) is 2.28. The lowest BCUT2D eigenvalue weighted by molar-refractivity contribution is 0.103. The second kappa shape index (κ2) is 3.91. The molecule has 1 aliphatic rings. The molecule has 0 aromatic heterocycles. The topological polar surface area (TPSA) is 20.2 Å². The summed E-state index contributed by atoms with van der Waals surface area (Å²) in [5.41, 5.74) is 0. The van der Waals surface area contributed by atoms with Crippen molar-refractivity contribution in [3.05, 3.63) is 29.3 Å². The number of benzene rings is 1. The number of rotatable bonds is 2. The lowest BCUT2D eigenvalue weighted by Crippen LogP contribution is -2.33. The monoisotopic (exact) mass is 214 g/mol. The van der Waals surface area contributed by atoms with Gasteiger partial charge in [-0.3, -0.25) is 0 Å². The third-order valence-corrected chi connectivity index (χ3v) is 3.93. The van der Waals surface area contributed by atoms with Gasteiger partial charge in [0.25, 0.3) is 0 Å². The molecule has 0 heterocycles. The maximum atomic E-state index is 9.38. The number of aliphatic hydroxyl groups excluding tert-OH is 1. The molecular weight excluding hydrogens is 204 g/mol. The first-order chi connectivity index (χ1) is 6.25. The van der Waals surface area contributed by atoms with E-state index in [1.54, 1.807) is 11.8 Å². The Morgan fingerprint density at radius 2 is 1.92 bits per heavy atom. The SMILES string of the molecule is O[C@@H]1CC[C@H]1Sc1ccc(Cl)cc1. The van der Waals surface area contributed by atoms with Crippen LogP contribution in [-0.4, -0.2) is 16.5 Å². The highest BCUT2D eigenvalue weighted by molar-refractivity contribution is 8.00. The average Bonchev–Trinajstić information content (AvgIpc) is 2.15. The standard InChI is InChI=1S/C10H11ClOS/c11-7-1-3-8(4-2-7)13-10-6-5-9(10)12/h1-4,9-10,12H,5-6H2/t9-,10-/m1/s1. The van der Waals surface area contributed by atoms with Crippen molar-refractivity contribution in [3.63, 3.8) is 0 Å². The smallest absolute Gasteiger partial charge is 0.0662 e. The van der Waals surface area contributed by atoms with Crippen LogP contribution in [0, 0.1) is 0 Å². The third kappa shape index (κ3) is 2.19. The molecule has 0 saturated heterocycles. The molecule has 1 aliphatic carbocycles. The van der Waals surface area contributed by atoms with Crippen molar-refractivity contribution in [2.75, 3.05) is 0 Å². The lowest BCUT2D eigenvalue weighted by atomic mass is 9.96. The lowest BCUT2D eigenvalue weighted by Gasteiger charge is -2.31. The fourth-order valence-electron chi connectivity index (χ4n) is 1.28. The fourth-order valence-corrected chi connectivity index (χ4v) is 2.59. The molecule has 1 aromatic carbocycles. The summed E-state index contributed by atoms with van der Waals surface area (Å²) >= 11 is 7.50. The van der Waals surface area contributed by atoms with E-state index in [2.05, 4.69) is 0 Å². The van der Waals surface area contributed by atoms with Gasteiger partial charge in [-0.25, -0.2) is 0 Å². The molecule has 0 aliphatic heterocycles. The Kier molecular flexibility index (Phi) is 2.82. The molecule has 1 nitrogen and oxygen atoms in total. The summed E-state index contributed by atoms with van der Waals surface area (Å²) in [7, 11) is 0. The molecule has 0 unspecified atom stereocenters. The Morgan fingerprint density at radius 1 is 1.23 bits per heavy atom. The van der Waals surface area contributed by atoms with Crippen molar-refractivity contribution in [2.24, 2.45) is 0 Å². The molecule has 1 N–H and O–H groups in total. The predicted octanol–water partition coefficient (Wildman–Crippen LogP) is 2.96. The Morgan fingerprint density at radius 3 is 2.38 bits per heavy atom. The molecule has 3 heteroatoms. The van der Waals surface area contributed by atoms with Gasteiger partial charge in [-0.15, -0.1) is 11.8 Å². The van der Waals surface area contributed by atoms with E-state index >= 15 is 0 Å². The van der Waals surface area contributed by atoms with Crippen molar-refractivity contribution in [1.29, 1.82) is 0 Å². The molecule has 0 bridgehead atoms. The summed E-state index contributed by atoms with van der Waals surface area (Å²) in [6.07, 6.45) is 1.96. The zero-order chi connectivity index (χ0) is 9.26. The van der Waals surface area contributed by atoms with E-state index in [0.29, 0.717) is 5.25 Å². The van der Waals surface area contributed by atoms with Gasteiger partial charge in [-0.05, 0) is 37.1 Å². The van der Waals surface area contributed by atoms with Crippen LogP contribution in [0.5, 0.6) is 0 Å². The highest BCUT2D eigenvalue weighted by Crippen LogP contribution is 2.36. The molecular formula is C10H11ClOS. The van der Waals surface area contributed by atoms with E-state index in [4.69, 9.17) is 11.6 Å². The Balaban J connectivity index is 1.98. The van der Waals surface area contributed by atoms with Crippen LogP contribution in [0.15, 0.2) is 29.2 Å². The molecule has 1 fully saturated rings. The van der Waals surface area contributed by atoms with E-state index in [1.807, 2.05) is 24.3 Å². The van der Waals surface area contributed by atoms with Gasteiger partial charge in [0, 0.05) is 15.2 Å². The minimum Gasteiger partial charge on any atom is -0.392 e. The van der Waals surface area contributed by atoms with Crippen LogP contribution < -0.4 is 0 Å². The molecule has 1 aromatic rings. The minimum atomic E-state index is -0.110. The molecule has 1 saturated carbocycles. The summed E-state index contributed by atoms with van der Waals surface area (Å²) in [6.45, 7) is 0. The maximum absolute atomic E-state index is 9.38. The molecule has 0 radical (unpaired) electrons. The average molecular weight is 215 g/mol. The van der Waals surface area contributed by atoms with Crippen LogP contribution >= 0.6 is 23.4 Å². The van der Waals surface area contributed by atoms with Crippen LogP contribution in [0.2, 0.25) is 5.02 Å². The summed E-state index contributed by atoms with van der Waals surface area (Å²) < 4.78 is 0. The number of hydrogen-bond acceptors (Lipinski definition) is 2. The molecule has 2 atom stereocenters. The Bertz CT molecular complexity index is 285. The van der Waals surface area contributed by atoms with Crippen LogP contribution in [0.25, 0.3) is 0 Å². The number of aliphatic hydroxyl groups is 1. The van der Waals surface area contributed by atoms with Crippen molar-refractivity contribution in [1.82, 2.24) is 0 Å². The van der Waals surface area contributed by atoms with E-state index in [-0.39, 0.29) is 6.10 Å². The van der Waals surface area contributed by atoms with Crippen molar-refractivity contribution >= 4 is 23.4 Å². The maximum Gasteiger partial charge on any atom is 0.0662 e. The first kappa shape index (κ1) is 9.38. The van der Waals surface area contributed by atoms with Crippen LogP contribution in [0.3, 0.4) is 0 Å². The van der Waals surface area contributed by atoms with E-state index in [0.717, 1.165) is 17.9 Å². The number of thioether (sulfide) groups is 1. The quantitative estimate of drug-likeness (QED) is 0.817. The van der Waals surface area contributed by atoms with Crippen molar-refractivity contribution < 1.29 is 5.11 Å². The van der Waals surface area contributed by atoms with E-state index in [1.165, 1.54) is 4.90 Å². The molecule has 2 rings (SSSR count). The normalized spacial score (nSPS) is 26.9. The zero-order valence-electron chi connectivity index (χ0n) is 7.11. The van der Waals surface area contributed by atoms with E-state index in [9.17, 15) is 5.11 Å². The number of halogens is 1. The van der Waals surface area contributed by atoms with Gasteiger partial charge in [0.2, 0.25) is 0 Å². The first-order valence-electron chi connectivity index (χ1n) is 4.36. The van der Waals surface area contributed by atoms with Gasteiger partial charge in [0.05, 0.1) is 6.10 Å². The summed E-state index contributed by atoms with van der Waals surface area (Å²) in [5.74, 6) is 0. The highest BCUT2D eigenvalue weighted by Gasteiger charge is 2.29. The van der Waals surface area contributed by atoms with Crippen LogP contribution in [0.4, 0.5) is 0 Å². The van der Waals surface area contributed by atoms with Gasteiger partial charge in [-0.1, -0.05) is 11.6 Å². The van der Waals surface area contributed by atoms with Gasteiger partial charge in [0.15, 0.2) is 0 Å². The van der Waals surface area contributed by atoms with Gasteiger partial charge in [0.1, 0.15) is 0 Å². The van der Waals surface area contributed by atoms with E-state index < -0.39 is 0 Å². The van der Waals surface area contributed by atoms with Gasteiger partial charge in [-0.2, -0.15) is 0 Å². The highest BCUT2D eigenvalue weighted by atomic mass is 35.5. The van der Waals surface area contributed by atoms with Crippen LogP contribution in [-0.2, 0) is 0 Å². The van der Waals surface area contributed by atoms with Gasteiger partial charge < -0.3 is 5.11 Å². The second-order valence-corrected chi connectivity index (χ2v) is 5.00. The summed E-state index contributed by atoms with van der Waals surface area (Å²) in [6, 6.07) is 7.76. The zero-order valence-corrected chi connectivity index (χ0v) is 8.68. The molecule has 0 amide bonds. The predicted molar refractivity (Wildman–Crippen MR) is 56.3 cm³/mol. The largest absolute Gasteiger partial charge is 0.392 e. The van der Waals surface area contributed by atoms with Crippen molar-refractivity contribution in [3.8, 4) is 0 Å². The second-order valence-electron chi connectivity index (χ2n) is 3.25. The first-order valence-corrected chi connectivity index (χ1v) is 5.62. The number of hydrogen-bond donors (Lipinski definition) is 1. The molecule has 13 heavy (non-hydrogen) atoms. The fraction of sp³-hybridized carbons (Fsp3) is 0.400. The van der Waals surface area contributed by atoms with Crippen molar-refractivity contribution in [2.45, 2.75) is 29.1 Å². The molecule has 0 spiro atoms. The van der Waals surface area contributed by atoms with Gasteiger partial charge >= 0.3 is 0 Å². The Hall–Kier alpha value is -0.180. The van der Waals surface area contributed by atoms with Crippen LogP contribution in [0.1, 0.15) is 12.8 Å².